The highest BCUT2D eigenvalue weighted by molar-refractivity contribution is 6.42. The van der Waals surface area contributed by atoms with E-state index in [0.717, 1.165) is 11.3 Å². The summed E-state index contributed by atoms with van der Waals surface area (Å²) >= 11 is 12.2. The lowest BCUT2D eigenvalue weighted by atomic mass is 10.0. The van der Waals surface area contributed by atoms with Crippen LogP contribution in [0.1, 0.15) is 42.4 Å². The van der Waals surface area contributed by atoms with Crippen molar-refractivity contribution in [2.24, 2.45) is 0 Å². The number of halogens is 2. The van der Waals surface area contributed by atoms with Crippen LogP contribution < -0.4 is 10.2 Å². The number of carboxylic acids is 1. The van der Waals surface area contributed by atoms with Crippen molar-refractivity contribution < 1.29 is 14.6 Å². The van der Waals surface area contributed by atoms with Crippen molar-refractivity contribution in [3.8, 4) is 17.0 Å². The smallest absolute Gasteiger partial charge is 0.341 e. The second kappa shape index (κ2) is 9.58. The lowest BCUT2D eigenvalue weighted by molar-refractivity contribution is 0.0695. The third kappa shape index (κ3) is 5.12. The van der Waals surface area contributed by atoms with E-state index in [4.69, 9.17) is 27.9 Å². The SMILES string of the molecule is CCn1c(Cc2ccc(OC(C)C)cc2)cc(=O)c(C(=O)O)c1-c1ccc(Cl)c(Cl)c1. The Kier molecular flexibility index (Phi) is 7.08. The standard InChI is InChI=1S/C24H23Cl2NO4/c1-4-27-17(11-15-5-8-18(9-6-15)31-14(2)3)13-21(28)22(24(29)30)23(27)16-7-10-19(25)20(26)12-16/h5-10,12-14H,4,11H2,1-3H3,(H,29,30). The molecule has 0 saturated heterocycles. The van der Waals surface area contributed by atoms with Gasteiger partial charge in [0.25, 0.3) is 0 Å². The predicted molar refractivity (Wildman–Crippen MR) is 124 cm³/mol. The third-order valence-corrected chi connectivity index (χ3v) is 5.54. The van der Waals surface area contributed by atoms with Crippen molar-refractivity contribution in [3.63, 3.8) is 0 Å². The number of pyridine rings is 1. The van der Waals surface area contributed by atoms with Crippen LogP contribution in [0.15, 0.2) is 53.3 Å². The number of aromatic carboxylic acids is 1. The number of hydrogen-bond donors (Lipinski definition) is 1. The fourth-order valence-electron chi connectivity index (χ4n) is 3.52. The molecule has 0 amide bonds. The first-order chi connectivity index (χ1) is 14.7. The van der Waals surface area contributed by atoms with Crippen LogP contribution in [0.5, 0.6) is 5.75 Å². The van der Waals surface area contributed by atoms with Crippen LogP contribution in [-0.4, -0.2) is 21.7 Å². The van der Waals surface area contributed by atoms with Crippen molar-refractivity contribution in [2.45, 2.75) is 39.8 Å². The molecular formula is C24H23Cl2NO4. The molecule has 7 heteroatoms. The maximum atomic E-state index is 12.8. The van der Waals surface area contributed by atoms with Crippen LogP contribution in [0.4, 0.5) is 0 Å². The second-order valence-corrected chi connectivity index (χ2v) is 8.20. The van der Waals surface area contributed by atoms with Gasteiger partial charge in [-0.3, -0.25) is 4.79 Å². The van der Waals surface area contributed by atoms with E-state index in [1.165, 1.54) is 6.07 Å². The molecule has 1 heterocycles. The Hall–Kier alpha value is -2.76. The highest BCUT2D eigenvalue weighted by Crippen LogP contribution is 2.31. The minimum absolute atomic E-state index is 0.0773. The zero-order chi connectivity index (χ0) is 22.7. The van der Waals surface area contributed by atoms with E-state index < -0.39 is 11.4 Å². The molecule has 3 aromatic rings. The molecule has 0 fully saturated rings. The fourth-order valence-corrected chi connectivity index (χ4v) is 3.82. The van der Waals surface area contributed by atoms with Crippen molar-refractivity contribution in [1.82, 2.24) is 4.57 Å². The van der Waals surface area contributed by atoms with Crippen LogP contribution >= 0.6 is 23.2 Å². The predicted octanol–water partition coefficient (Wildman–Crippen LogP) is 5.92. The lowest BCUT2D eigenvalue weighted by Crippen LogP contribution is -2.23. The van der Waals surface area contributed by atoms with Gasteiger partial charge in [-0.15, -0.1) is 0 Å². The molecule has 1 aromatic heterocycles. The Morgan fingerprint density at radius 1 is 1.06 bits per heavy atom. The molecule has 3 rings (SSSR count). The number of hydrogen-bond acceptors (Lipinski definition) is 3. The van der Waals surface area contributed by atoms with Crippen molar-refractivity contribution in [3.05, 3.63) is 85.6 Å². The molecule has 0 unspecified atom stereocenters. The van der Waals surface area contributed by atoms with Crippen LogP contribution in [0.3, 0.4) is 0 Å². The average Bonchev–Trinajstić information content (AvgIpc) is 2.70. The van der Waals surface area contributed by atoms with Gasteiger partial charge in [-0.05, 0) is 50.6 Å². The summed E-state index contributed by atoms with van der Waals surface area (Å²) in [5.74, 6) is -0.514. The number of carbonyl (C=O) groups is 1. The van der Waals surface area contributed by atoms with E-state index >= 15 is 0 Å². The Morgan fingerprint density at radius 3 is 2.29 bits per heavy atom. The van der Waals surface area contributed by atoms with Crippen LogP contribution in [-0.2, 0) is 13.0 Å². The topological polar surface area (TPSA) is 68.5 Å². The summed E-state index contributed by atoms with van der Waals surface area (Å²) in [5, 5.41) is 10.4. The van der Waals surface area contributed by atoms with E-state index in [1.54, 1.807) is 18.2 Å². The summed E-state index contributed by atoms with van der Waals surface area (Å²) in [6.45, 7) is 6.30. The van der Waals surface area contributed by atoms with E-state index in [2.05, 4.69) is 0 Å². The first-order valence-electron chi connectivity index (χ1n) is 9.92. The number of rotatable bonds is 7. The molecule has 0 radical (unpaired) electrons. The monoisotopic (exact) mass is 459 g/mol. The molecule has 31 heavy (non-hydrogen) atoms. The maximum Gasteiger partial charge on any atom is 0.341 e. The highest BCUT2D eigenvalue weighted by Gasteiger charge is 2.22. The molecule has 0 bridgehead atoms. The molecule has 1 N–H and O–H groups in total. The van der Waals surface area contributed by atoms with Gasteiger partial charge in [0.05, 0.1) is 21.8 Å². The lowest BCUT2D eigenvalue weighted by Gasteiger charge is -2.20. The minimum Gasteiger partial charge on any atom is -0.491 e. The Labute approximate surface area is 190 Å². The molecule has 5 nitrogen and oxygen atoms in total. The van der Waals surface area contributed by atoms with Crippen molar-refractivity contribution >= 4 is 29.2 Å². The summed E-state index contributed by atoms with van der Waals surface area (Å²) in [5.41, 5.74) is 1.68. The molecule has 0 aliphatic carbocycles. The molecular weight excluding hydrogens is 437 g/mol. The molecule has 162 valence electrons. The molecule has 0 saturated carbocycles. The zero-order valence-corrected chi connectivity index (χ0v) is 19.0. The normalized spacial score (nSPS) is 11.0. The van der Waals surface area contributed by atoms with Crippen molar-refractivity contribution in [2.75, 3.05) is 0 Å². The van der Waals surface area contributed by atoms with Crippen LogP contribution in [0.2, 0.25) is 10.0 Å². The molecule has 0 aliphatic heterocycles. The van der Waals surface area contributed by atoms with Crippen LogP contribution in [0, 0.1) is 0 Å². The number of aromatic nitrogens is 1. The first-order valence-corrected chi connectivity index (χ1v) is 10.7. The summed E-state index contributed by atoms with van der Waals surface area (Å²) in [4.78, 5) is 24.7. The summed E-state index contributed by atoms with van der Waals surface area (Å²) in [6, 6.07) is 13.9. The molecule has 0 aliphatic rings. The third-order valence-electron chi connectivity index (χ3n) is 4.80. The first kappa shape index (κ1) is 22.9. The Bertz CT molecular complexity index is 1170. The summed E-state index contributed by atoms with van der Waals surface area (Å²) < 4.78 is 7.52. The van der Waals surface area contributed by atoms with E-state index in [9.17, 15) is 14.7 Å². The van der Waals surface area contributed by atoms with Gasteiger partial charge in [-0.1, -0.05) is 41.4 Å². The quantitative estimate of drug-likeness (QED) is 0.476. The number of ether oxygens (including phenoxy) is 1. The number of benzene rings is 2. The van der Waals surface area contributed by atoms with Gasteiger partial charge in [0.15, 0.2) is 5.43 Å². The number of nitrogens with zero attached hydrogens (tertiary/aromatic N) is 1. The van der Waals surface area contributed by atoms with Gasteiger partial charge in [0.2, 0.25) is 0 Å². The van der Waals surface area contributed by atoms with E-state index in [-0.39, 0.29) is 16.7 Å². The van der Waals surface area contributed by atoms with Gasteiger partial charge in [0.1, 0.15) is 11.3 Å². The van der Waals surface area contributed by atoms with Crippen molar-refractivity contribution in [1.29, 1.82) is 0 Å². The molecule has 2 aromatic carbocycles. The second-order valence-electron chi connectivity index (χ2n) is 7.39. The van der Waals surface area contributed by atoms with Gasteiger partial charge >= 0.3 is 5.97 Å². The average molecular weight is 460 g/mol. The molecule has 0 spiro atoms. The largest absolute Gasteiger partial charge is 0.491 e. The van der Waals surface area contributed by atoms with Gasteiger partial charge in [0, 0.05) is 30.3 Å². The summed E-state index contributed by atoms with van der Waals surface area (Å²) in [6.07, 6.45) is 0.535. The summed E-state index contributed by atoms with van der Waals surface area (Å²) in [7, 11) is 0. The van der Waals surface area contributed by atoms with Gasteiger partial charge < -0.3 is 14.4 Å². The fraction of sp³-hybridized carbons (Fsp3) is 0.250. The highest BCUT2D eigenvalue weighted by atomic mass is 35.5. The minimum atomic E-state index is -1.28. The Balaban J connectivity index is 2.13. The van der Waals surface area contributed by atoms with Crippen LogP contribution in [0.25, 0.3) is 11.3 Å². The molecule has 0 atom stereocenters. The van der Waals surface area contributed by atoms with Gasteiger partial charge in [-0.25, -0.2) is 4.79 Å². The Morgan fingerprint density at radius 2 is 1.74 bits per heavy atom. The zero-order valence-electron chi connectivity index (χ0n) is 17.5. The number of carboxylic acid groups (broad SMARTS) is 1. The van der Waals surface area contributed by atoms with Gasteiger partial charge in [-0.2, -0.15) is 0 Å². The van der Waals surface area contributed by atoms with E-state index in [0.29, 0.717) is 34.9 Å². The van der Waals surface area contributed by atoms with E-state index in [1.807, 2.05) is 49.6 Å². The maximum absolute atomic E-state index is 12.8.